The Hall–Kier alpha value is -1.64. The second-order valence-corrected chi connectivity index (χ2v) is 6.46. The Morgan fingerprint density at radius 2 is 2.32 bits per heavy atom. The van der Waals surface area contributed by atoms with E-state index in [2.05, 4.69) is 11.0 Å². The highest BCUT2D eigenvalue weighted by molar-refractivity contribution is 5.60. The standard InChI is InChI=1S/C17H21FN2O2/c1-17(21)6-8-22-11-14(17)16-3-2-7-20(16)15-5-4-13(18)9-12(15)10-19/h4-5,9,14,16,21H,2-3,6-8,11H2,1H3/t14-,16-,17-/m0/s1. The summed E-state index contributed by atoms with van der Waals surface area (Å²) in [6, 6.07) is 6.54. The van der Waals surface area contributed by atoms with Gasteiger partial charge in [-0.25, -0.2) is 4.39 Å². The zero-order chi connectivity index (χ0) is 15.7. The Balaban J connectivity index is 1.92. The number of rotatable bonds is 2. The molecule has 3 rings (SSSR count). The van der Waals surface area contributed by atoms with Gasteiger partial charge in [0.05, 0.1) is 23.5 Å². The summed E-state index contributed by atoms with van der Waals surface area (Å²) in [5.41, 5.74) is 0.342. The summed E-state index contributed by atoms with van der Waals surface area (Å²) < 4.78 is 18.9. The van der Waals surface area contributed by atoms with Crippen LogP contribution in [0.15, 0.2) is 18.2 Å². The van der Waals surface area contributed by atoms with Gasteiger partial charge in [0.25, 0.3) is 0 Å². The Morgan fingerprint density at radius 3 is 3.05 bits per heavy atom. The molecule has 118 valence electrons. The van der Waals surface area contributed by atoms with Gasteiger partial charge in [0.1, 0.15) is 11.9 Å². The molecule has 2 aliphatic heterocycles. The van der Waals surface area contributed by atoms with Crippen molar-refractivity contribution < 1.29 is 14.2 Å². The Labute approximate surface area is 130 Å². The molecule has 0 unspecified atom stereocenters. The monoisotopic (exact) mass is 304 g/mol. The van der Waals surface area contributed by atoms with Crippen LogP contribution in [0.1, 0.15) is 31.7 Å². The maximum Gasteiger partial charge on any atom is 0.124 e. The fraction of sp³-hybridized carbons (Fsp3) is 0.588. The summed E-state index contributed by atoms with van der Waals surface area (Å²) in [6.45, 7) is 3.79. The van der Waals surface area contributed by atoms with Crippen molar-refractivity contribution in [3.63, 3.8) is 0 Å². The van der Waals surface area contributed by atoms with Crippen molar-refractivity contribution in [1.82, 2.24) is 0 Å². The lowest BCUT2D eigenvalue weighted by Crippen LogP contribution is -2.52. The van der Waals surface area contributed by atoms with E-state index in [0.29, 0.717) is 25.2 Å². The molecular formula is C17H21FN2O2. The van der Waals surface area contributed by atoms with E-state index in [1.807, 2.05) is 6.92 Å². The van der Waals surface area contributed by atoms with Crippen LogP contribution in [0.5, 0.6) is 0 Å². The summed E-state index contributed by atoms with van der Waals surface area (Å²) in [4.78, 5) is 2.14. The molecule has 0 spiro atoms. The van der Waals surface area contributed by atoms with Gasteiger partial charge in [-0.05, 0) is 44.4 Å². The summed E-state index contributed by atoms with van der Waals surface area (Å²) in [7, 11) is 0. The zero-order valence-corrected chi connectivity index (χ0v) is 12.8. The molecule has 0 aliphatic carbocycles. The van der Waals surface area contributed by atoms with Gasteiger partial charge in [-0.3, -0.25) is 0 Å². The van der Waals surface area contributed by atoms with E-state index in [4.69, 9.17) is 4.74 Å². The van der Waals surface area contributed by atoms with Crippen molar-refractivity contribution in [3.8, 4) is 6.07 Å². The molecule has 1 aromatic carbocycles. The predicted molar refractivity (Wildman–Crippen MR) is 81.0 cm³/mol. The van der Waals surface area contributed by atoms with Crippen LogP contribution < -0.4 is 4.90 Å². The maximum atomic E-state index is 13.4. The first kappa shape index (κ1) is 15.3. The first-order chi connectivity index (χ1) is 10.5. The molecule has 4 nitrogen and oxygen atoms in total. The van der Waals surface area contributed by atoms with Crippen LogP contribution in [0.25, 0.3) is 0 Å². The molecule has 3 atom stereocenters. The number of nitrogens with zero attached hydrogens (tertiary/aromatic N) is 2. The van der Waals surface area contributed by atoms with Gasteiger partial charge in [0, 0.05) is 25.1 Å². The third kappa shape index (κ3) is 2.69. The Kier molecular flexibility index (Phi) is 4.07. The molecule has 1 aromatic rings. The highest BCUT2D eigenvalue weighted by Crippen LogP contribution is 2.39. The highest BCUT2D eigenvalue weighted by atomic mass is 19.1. The first-order valence-electron chi connectivity index (χ1n) is 7.79. The average Bonchev–Trinajstić information content (AvgIpc) is 2.95. The Bertz CT molecular complexity index is 597. The third-order valence-electron chi connectivity index (χ3n) is 5.00. The fourth-order valence-corrected chi connectivity index (χ4v) is 3.74. The molecule has 2 heterocycles. The maximum absolute atomic E-state index is 13.4. The van der Waals surface area contributed by atoms with Crippen LogP contribution in [0.4, 0.5) is 10.1 Å². The van der Waals surface area contributed by atoms with Gasteiger partial charge >= 0.3 is 0 Å². The third-order valence-corrected chi connectivity index (χ3v) is 5.00. The number of hydrogen-bond acceptors (Lipinski definition) is 4. The molecular weight excluding hydrogens is 283 g/mol. The molecule has 0 saturated carbocycles. The summed E-state index contributed by atoms with van der Waals surface area (Å²) in [5, 5.41) is 20.0. The van der Waals surface area contributed by atoms with Crippen LogP contribution in [-0.4, -0.2) is 36.5 Å². The summed E-state index contributed by atoms with van der Waals surface area (Å²) in [5.74, 6) is -0.399. The second-order valence-electron chi connectivity index (χ2n) is 6.46. The normalized spacial score (nSPS) is 32.0. The number of hydrogen-bond donors (Lipinski definition) is 1. The molecule has 5 heteroatoms. The highest BCUT2D eigenvalue weighted by Gasteiger charge is 2.44. The van der Waals surface area contributed by atoms with Gasteiger partial charge in [-0.2, -0.15) is 5.26 Å². The molecule has 2 saturated heterocycles. The molecule has 0 radical (unpaired) electrons. The van der Waals surface area contributed by atoms with Crippen LogP contribution in [-0.2, 0) is 4.74 Å². The van der Waals surface area contributed by atoms with E-state index < -0.39 is 11.4 Å². The van der Waals surface area contributed by atoms with Gasteiger partial charge in [0.15, 0.2) is 0 Å². The minimum absolute atomic E-state index is 0.000320. The minimum Gasteiger partial charge on any atom is -0.390 e. The quantitative estimate of drug-likeness (QED) is 0.912. The molecule has 0 bridgehead atoms. The van der Waals surface area contributed by atoms with Crippen molar-refractivity contribution in [2.24, 2.45) is 5.92 Å². The van der Waals surface area contributed by atoms with E-state index >= 15 is 0 Å². The van der Waals surface area contributed by atoms with E-state index in [1.165, 1.54) is 12.1 Å². The zero-order valence-electron chi connectivity index (χ0n) is 12.8. The number of halogens is 1. The topological polar surface area (TPSA) is 56.5 Å². The largest absolute Gasteiger partial charge is 0.390 e. The lowest BCUT2D eigenvalue weighted by Gasteiger charge is -2.44. The number of ether oxygens (including phenoxy) is 1. The predicted octanol–water partition coefficient (Wildman–Crippen LogP) is 2.45. The van der Waals surface area contributed by atoms with Crippen molar-refractivity contribution in [2.75, 3.05) is 24.7 Å². The Morgan fingerprint density at radius 1 is 1.50 bits per heavy atom. The van der Waals surface area contributed by atoms with Crippen molar-refractivity contribution in [3.05, 3.63) is 29.6 Å². The molecule has 2 aliphatic rings. The number of benzene rings is 1. The molecule has 1 N–H and O–H groups in total. The van der Waals surface area contributed by atoms with E-state index in [0.717, 1.165) is 25.1 Å². The second kappa shape index (κ2) is 5.86. The number of nitriles is 1. The van der Waals surface area contributed by atoms with Gasteiger partial charge in [-0.1, -0.05) is 0 Å². The lowest BCUT2D eigenvalue weighted by atomic mass is 9.79. The number of anilines is 1. The van der Waals surface area contributed by atoms with E-state index in [1.54, 1.807) is 6.07 Å². The molecule has 2 fully saturated rings. The summed E-state index contributed by atoms with van der Waals surface area (Å²) >= 11 is 0. The van der Waals surface area contributed by atoms with Crippen LogP contribution in [0.2, 0.25) is 0 Å². The van der Waals surface area contributed by atoms with Crippen LogP contribution in [0.3, 0.4) is 0 Å². The van der Waals surface area contributed by atoms with Gasteiger partial charge in [-0.15, -0.1) is 0 Å². The SMILES string of the molecule is C[C@]1(O)CCOC[C@H]1[C@@H]1CCCN1c1ccc(F)cc1C#N. The van der Waals surface area contributed by atoms with Crippen molar-refractivity contribution in [2.45, 2.75) is 37.8 Å². The van der Waals surface area contributed by atoms with Crippen molar-refractivity contribution in [1.29, 1.82) is 5.26 Å². The lowest BCUT2D eigenvalue weighted by molar-refractivity contribution is -0.108. The first-order valence-corrected chi connectivity index (χ1v) is 7.79. The van der Waals surface area contributed by atoms with E-state index in [-0.39, 0.29) is 12.0 Å². The summed E-state index contributed by atoms with van der Waals surface area (Å²) in [6.07, 6.45) is 2.57. The van der Waals surface area contributed by atoms with Crippen LogP contribution in [0, 0.1) is 23.1 Å². The molecule has 0 amide bonds. The molecule has 22 heavy (non-hydrogen) atoms. The van der Waals surface area contributed by atoms with Gasteiger partial charge in [0.2, 0.25) is 0 Å². The van der Waals surface area contributed by atoms with Crippen LogP contribution >= 0.6 is 0 Å². The average molecular weight is 304 g/mol. The van der Waals surface area contributed by atoms with Gasteiger partial charge < -0.3 is 14.7 Å². The molecule has 0 aromatic heterocycles. The fourth-order valence-electron chi connectivity index (χ4n) is 3.74. The van der Waals surface area contributed by atoms with Crippen molar-refractivity contribution >= 4 is 5.69 Å². The minimum atomic E-state index is -0.766. The smallest absolute Gasteiger partial charge is 0.124 e. The van der Waals surface area contributed by atoms with E-state index in [9.17, 15) is 14.8 Å². The number of aliphatic hydroxyl groups is 1.